The minimum atomic E-state index is 0.504. The van der Waals surface area contributed by atoms with Gasteiger partial charge in [0.1, 0.15) is 0 Å². The van der Waals surface area contributed by atoms with Crippen LogP contribution in [0.4, 0.5) is 0 Å². The summed E-state index contributed by atoms with van der Waals surface area (Å²) in [5.74, 6) is 2.08. The lowest BCUT2D eigenvalue weighted by atomic mass is 9.72. The van der Waals surface area contributed by atoms with Gasteiger partial charge in [0.25, 0.3) is 0 Å². The smallest absolute Gasteiger partial charge is 0.000978 e. The van der Waals surface area contributed by atoms with Gasteiger partial charge in [0.2, 0.25) is 0 Å². The molecule has 0 bridgehead atoms. The SMILES string of the molecule is NCC1(CCN(CC2CC2)CC2CC2)CCCCC1. The quantitative estimate of drug-likeness (QED) is 0.728. The fourth-order valence-electron chi connectivity index (χ4n) is 3.84. The van der Waals surface area contributed by atoms with E-state index in [1.807, 2.05) is 0 Å². The number of hydrogen-bond donors (Lipinski definition) is 1. The van der Waals surface area contributed by atoms with Gasteiger partial charge in [0.15, 0.2) is 0 Å². The van der Waals surface area contributed by atoms with E-state index in [2.05, 4.69) is 4.90 Å². The van der Waals surface area contributed by atoms with E-state index in [1.54, 1.807) is 0 Å². The van der Waals surface area contributed by atoms with Crippen LogP contribution in [0.15, 0.2) is 0 Å². The lowest BCUT2D eigenvalue weighted by Gasteiger charge is -2.38. The molecule has 3 saturated carbocycles. The standard InChI is InChI=1S/C17H32N2/c18-14-17(8-2-1-3-9-17)10-11-19(12-15-4-5-15)13-16-6-7-16/h15-16H,1-14,18H2. The molecule has 3 fully saturated rings. The zero-order valence-corrected chi connectivity index (χ0v) is 12.6. The van der Waals surface area contributed by atoms with Crippen molar-refractivity contribution in [2.24, 2.45) is 23.0 Å². The highest BCUT2D eigenvalue weighted by molar-refractivity contribution is 4.87. The maximum atomic E-state index is 6.13. The van der Waals surface area contributed by atoms with E-state index in [0.29, 0.717) is 5.41 Å². The molecule has 2 N–H and O–H groups in total. The minimum Gasteiger partial charge on any atom is -0.330 e. The first kappa shape index (κ1) is 13.9. The Kier molecular flexibility index (Phi) is 4.48. The molecule has 0 aromatic carbocycles. The Hall–Kier alpha value is -0.0800. The second kappa shape index (κ2) is 6.13. The maximum absolute atomic E-state index is 6.13. The molecule has 19 heavy (non-hydrogen) atoms. The van der Waals surface area contributed by atoms with Crippen LogP contribution in [-0.2, 0) is 0 Å². The van der Waals surface area contributed by atoms with Gasteiger partial charge in [-0.25, -0.2) is 0 Å². The fourth-order valence-corrected chi connectivity index (χ4v) is 3.84. The molecule has 0 aromatic heterocycles. The lowest BCUT2D eigenvalue weighted by Crippen LogP contribution is -2.38. The van der Waals surface area contributed by atoms with Crippen LogP contribution in [0.25, 0.3) is 0 Å². The van der Waals surface area contributed by atoms with Gasteiger partial charge in [0, 0.05) is 13.1 Å². The van der Waals surface area contributed by atoms with Gasteiger partial charge in [-0.05, 0) is 75.3 Å². The van der Waals surface area contributed by atoms with Crippen molar-refractivity contribution < 1.29 is 0 Å². The summed E-state index contributed by atoms with van der Waals surface area (Å²) in [5.41, 5.74) is 6.64. The van der Waals surface area contributed by atoms with Gasteiger partial charge in [0.05, 0.1) is 0 Å². The Balaban J connectivity index is 1.48. The predicted molar refractivity (Wildman–Crippen MR) is 81.1 cm³/mol. The molecule has 0 aromatic rings. The van der Waals surface area contributed by atoms with Crippen LogP contribution in [0.1, 0.15) is 64.2 Å². The molecule has 0 spiro atoms. The Morgan fingerprint density at radius 1 is 0.895 bits per heavy atom. The monoisotopic (exact) mass is 264 g/mol. The fraction of sp³-hybridized carbons (Fsp3) is 1.00. The molecule has 3 rings (SSSR count). The third-order valence-corrected chi connectivity index (χ3v) is 5.73. The highest BCUT2D eigenvalue weighted by Crippen LogP contribution is 2.39. The molecule has 0 unspecified atom stereocenters. The summed E-state index contributed by atoms with van der Waals surface area (Å²) in [6.45, 7) is 5.02. The lowest BCUT2D eigenvalue weighted by molar-refractivity contribution is 0.141. The zero-order valence-electron chi connectivity index (χ0n) is 12.6. The van der Waals surface area contributed by atoms with Crippen LogP contribution in [-0.4, -0.2) is 31.1 Å². The summed E-state index contributed by atoms with van der Waals surface area (Å²) < 4.78 is 0. The van der Waals surface area contributed by atoms with E-state index in [-0.39, 0.29) is 0 Å². The topological polar surface area (TPSA) is 29.3 Å². The van der Waals surface area contributed by atoms with Crippen molar-refractivity contribution in [2.75, 3.05) is 26.2 Å². The van der Waals surface area contributed by atoms with Crippen LogP contribution >= 0.6 is 0 Å². The molecule has 0 aliphatic heterocycles. The predicted octanol–water partition coefficient (Wildman–Crippen LogP) is 3.41. The van der Waals surface area contributed by atoms with Crippen molar-refractivity contribution in [3.63, 3.8) is 0 Å². The summed E-state index contributed by atoms with van der Waals surface area (Å²) in [4.78, 5) is 2.79. The Morgan fingerprint density at radius 2 is 1.47 bits per heavy atom. The van der Waals surface area contributed by atoms with Crippen molar-refractivity contribution in [3.05, 3.63) is 0 Å². The van der Waals surface area contributed by atoms with Crippen molar-refractivity contribution >= 4 is 0 Å². The maximum Gasteiger partial charge on any atom is 0.000978 e. The Labute approximate surface area is 119 Å². The van der Waals surface area contributed by atoms with Crippen LogP contribution in [0.5, 0.6) is 0 Å². The molecular weight excluding hydrogens is 232 g/mol. The number of nitrogens with two attached hydrogens (primary N) is 1. The molecular formula is C17H32N2. The van der Waals surface area contributed by atoms with Gasteiger partial charge in [-0.3, -0.25) is 0 Å². The summed E-state index contributed by atoms with van der Waals surface area (Å²) in [5, 5.41) is 0. The molecule has 0 amide bonds. The average molecular weight is 264 g/mol. The van der Waals surface area contributed by atoms with E-state index < -0.39 is 0 Å². The van der Waals surface area contributed by atoms with Crippen LogP contribution in [0.3, 0.4) is 0 Å². The van der Waals surface area contributed by atoms with E-state index in [1.165, 1.54) is 83.8 Å². The Morgan fingerprint density at radius 3 is 1.95 bits per heavy atom. The first-order valence-electron chi connectivity index (χ1n) is 8.72. The van der Waals surface area contributed by atoms with Gasteiger partial charge < -0.3 is 10.6 Å². The van der Waals surface area contributed by atoms with Crippen molar-refractivity contribution in [1.29, 1.82) is 0 Å². The molecule has 2 nitrogen and oxygen atoms in total. The number of nitrogens with zero attached hydrogens (tertiary/aromatic N) is 1. The third-order valence-electron chi connectivity index (χ3n) is 5.73. The highest BCUT2D eigenvalue weighted by atomic mass is 15.1. The molecule has 0 saturated heterocycles. The average Bonchev–Trinajstić information content (AvgIpc) is 3.33. The van der Waals surface area contributed by atoms with Gasteiger partial charge >= 0.3 is 0 Å². The minimum absolute atomic E-state index is 0.504. The van der Waals surface area contributed by atoms with Crippen LogP contribution < -0.4 is 5.73 Å². The second-order valence-corrected chi connectivity index (χ2v) is 7.66. The molecule has 110 valence electrons. The van der Waals surface area contributed by atoms with Gasteiger partial charge in [-0.2, -0.15) is 0 Å². The van der Waals surface area contributed by atoms with E-state index in [0.717, 1.165) is 18.4 Å². The van der Waals surface area contributed by atoms with Crippen molar-refractivity contribution in [3.8, 4) is 0 Å². The molecule has 3 aliphatic rings. The van der Waals surface area contributed by atoms with Crippen molar-refractivity contribution in [1.82, 2.24) is 4.90 Å². The highest BCUT2D eigenvalue weighted by Gasteiger charge is 2.33. The van der Waals surface area contributed by atoms with Crippen LogP contribution in [0.2, 0.25) is 0 Å². The molecule has 3 aliphatic carbocycles. The molecule has 0 radical (unpaired) electrons. The largest absolute Gasteiger partial charge is 0.330 e. The first-order chi connectivity index (χ1) is 9.30. The molecule has 0 atom stereocenters. The summed E-state index contributed by atoms with van der Waals surface area (Å²) >= 11 is 0. The second-order valence-electron chi connectivity index (χ2n) is 7.66. The Bertz CT molecular complexity index is 261. The van der Waals surface area contributed by atoms with E-state index in [4.69, 9.17) is 5.73 Å². The normalized spacial score (nSPS) is 26.8. The van der Waals surface area contributed by atoms with E-state index in [9.17, 15) is 0 Å². The van der Waals surface area contributed by atoms with E-state index >= 15 is 0 Å². The summed E-state index contributed by atoms with van der Waals surface area (Å²) in [6, 6.07) is 0. The van der Waals surface area contributed by atoms with Gasteiger partial charge in [-0.15, -0.1) is 0 Å². The van der Waals surface area contributed by atoms with Crippen LogP contribution in [0, 0.1) is 17.3 Å². The van der Waals surface area contributed by atoms with Crippen molar-refractivity contribution in [2.45, 2.75) is 64.2 Å². The summed E-state index contributed by atoms with van der Waals surface area (Å²) in [7, 11) is 0. The molecule has 0 heterocycles. The number of hydrogen-bond acceptors (Lipinski definition) is 2. The molecule has 2 heteroatoms. The number of rotatable bonds is 8. The summed E-state index contributed by atoms with van der Waals surface area (Å²) in [6.07, 6.45) is 14.4. The zero-order chi connectivity index (χ0) is 13.1. The van der Waals surface area contributed by atoms with Gasteiger partial charge in [-0.1, -0.05) is 19.3 Å². The first-order valence-corrected chi connectivity index (χ1v) is 8.72. The third kappa shape index (κ3) is 4.19.